The Kier molecular flexibility index (Phi) is 2.87. The molecule has 0 spiro atoms. The van der Waals surface area contributed by atoms with Gasteiger partial charge in [0.15, 0.2) is 11.3 Å². The molecule has 3 N–H and O–H groups in total. The number of aliphatic hydroxyl groups is 1. The Morgan fingerprint density at radius 3 is 2.62 bits per heavy atom. The molecule has 124 valence electrons. The summed E-state index contributed by atoms with van der Waals surface area (Å²) in [5, 5.41) is 30.1. The lowest BCUT2D eigenvalue weighted by atomic mass is 9.80. The number of benzene rings is 2. The summed E-state index contributed by atoms with van der Waals surface area (Å²) in [7, 11) is 0. The zero-order chi connectivity index (χ0) is 17.2. The van der Waals surface area contributed by atoms with Crippen LogP contribution in [0.15, 0.2) is 33.5 Å². The summed E-state index contributed by atoms with van der Waals surface area (Å²) in [4.78, 5) is 12.8. The molecule has 3 aromatic rings. The van der Waals surface area contributed by atoms with Crippen molar-refractivity contribution in [3.8, 4) is 17.2 Å². The molecule has 4 rings (SSSR count). The average molecular weight is 328 g/mol. The molecule has 1 aliphatic heterocycles. The van der Waals surface area contributed by atoms with Crippen LogP contribution in [0.4, 0.5) is 0 Å². The minimum Gasteiger partial charge on any atom is -0.507 e. The van der Waals surface area contributed by atoms with Crippen molar-refractivity contribution in [3.05, 3.63) is 40.1 Å². The number of aromatic hydroxyl groups is 2. The van der Waals surface area contributed by atoms with E-state index in [9.17, 15) is 20.1 Å². The predicted molar refractivity (Wildman–Crippen MR) is 87.8 cm³/mol. The van der Waals surface area contributed by atoms with E-state index in [0.717, 1.165) is 0 Å². The Hall–Kier alpha value is -2.73. The van der Waals surface area contributed by atoms with E-state index in [0.29, 0.717) is 11.3 Å². The normalized spacial score (nSPS) is 18.7. The highest BCUT2D eigenvalue weighted by Crippen LogP contribution is 2.49. The van der Waals surface area contributed by atoms with Crippen LogP contribution in [0.1, 0.15) is 19.4 Å². The lowest BCUT2D eigenvalue weighted by Gasteiger charge is -2.24. The lowest BCUT2D eigenvalue weighted by Crippen LogP contribution is -2.35. The van der Waals surface area contributed by atoms with Crippen LogP contribution in [-0.2, 0) is 5.41 Å². The maximum absolute atomic E-state index is 12.8. The summed E-state index contributed by atoms with van der Waals surface area (Å²) in [6.07, 6.45) is -0.525. The highest BCUT2D eigenvalue weighted by molar-refractivity contribution is 5.98. The Morgan fingerprint density at radius 1 is 1.17 bits per heavy atom. The molecule has 24 heavy (non-hydrogen) atoms. The van der Waals surface area contributed by atoms with Gasteiger partial charge in [0.2, 0.25) is 5.43 Å². The highest BCUT2D eigenvalue weighted by atomic mass is 16.5. The lowest BCUT2D eigenvalue weighted by molar-refractivity contribution is 0.0888. The maximum atomic E-state index is 12.8. The molecule has 1 atom stereocenters. The van der Waals surface area contributed by atoms with Gasteiger partial charge in [-0.3, -0.25) is 4.79 Å². The van der Waals surface area contributed by atoms with Gasteiger partial charge in [-0.25, -0.2) is 0 Å². The van der Waals surface area contributed by atoms with Crippen molar-refractivity contribution in [2.24, 2.45) is 0 Å². The van der Waals surface area contributed by atoms with Crippen LogP contribution in [0.2, 0.25) is 0 Å². The second-order valence-corrected chi connectivity index (χ2v) is 6.57. The molecule has 6 nitrogen and oxygen atoms in total. The van der Waals surface area contributed by atoms with Gasteiger partial charge in [0.1, 0.15) is 28.6 Å². The predicted octanol–water partition coefficient (Wildman–Crippen LogP) is 2.39. The number of para-hydroxylation sites is 1. The number of fused-ring (bicyclic) bond motifs is 4. The third-order valence-corrected chi connectivity index (χ3v) is 4.78. The summed E-state index contributed by atoms with van der Waals surface area (Å²) in [5.41, 5.74) is -0.234. The summed E-state index contributed by atoms with van der Waals surface area (Å²) in [6.45, 7) is 3.52. The van der Waals surface area contributed by atoms with E-state index in [2.05, 4.69) is 0 Å². The zero-order valence-corrected chi connectivity index (χ0v) is 13.2. The number of aliphatic hydroxyl groups excluding tert-OH is 1. The Bertz CT molecular complexity index is 1050. The molecule has 0 amide bonds. The van der Waals surface area contributed by atoms with Crippen molar-refractivity contribution in [1.29, 1.82) is 0 Å². The van der Waals surface area contributed by atoms with Gasteiger partial charge in [0, 0.05) is 17.0 Å². The molecule has 0 saturated carbocycles. The number of ether oxygens (including phenoxy) is 1. The molecule has 0 saturated heterocycles. The van der Waals surface area contributed by atoms with Gasteiger partial charge in [-0.15, -0.1) is 0 Å². The summed E-state index contributed by atoms with van der Waals surface area (Å²) in [5.74, 6) is -0.0434. The molecule has 0 aliphatic carbocycles. The fourth-order valence-electron chi connectivity index (χ4n) is 3.42. The van der Waals surface area contributed by atoms with Crippen LogP contribution in [-0.4, -0.2) is 28.0 Å². The summed E-state index contributed by atoms with van der Waals surface area (Å²) < 4.78 is 11.5. The second kappa shape index (κ2) is 4.64. The van der Waals surface area contributed by atoms with E-state index in [-0.39, 0.29) is 40.0 Å². The standard InChI is InChI=1S/C18H16O6/c1-18(2)12(7-19)23-11-6-10(21)13-15(22)8-4-3-5-9(20)16(8)24-17(13)14(11)18/h3-6,12,19-21H,7H2,1-2H3/t12-/m0/s1. The largest absolute Gasteiger partial charge is 0.507 e. The van der Waals surface area contributed by atoms with Crippen LogP contribution < -0.4 is 10.2 Å². The fraction of sp³-hybridized carbons (Fsp3) is 0.278. The molecule has 0 fully saturated rings. The smallest absolute Gasteiger partial charge is 0.204 e. The van der Waals surface area contributed by atoms with Crippen LogP contribution >= 0.6 is 0 Å². The fourth-order valence-corrected chi connectivity index (χ4v) is 3.42. The van der Waals surface area contributed by atoms with Gasteiger partial charge in [0.25, 0.3) is 0 Å². The summed E-state index contributed by atoms with van der Waals surface area (Å²) in [6, 6.07) is 5.88. The topological polar surface area (TPSA) is 100 Å². The van der Waals surface area contributed by atoms with Gasteiger partial charge < -0.3 is 24.5 Å². The molecule has 6 heteroatoms. The Labute approximate surface area is 136 Å². The minimum absolute atomic E-state index is 0.0436. The molecule has 1 aromatic heterocycles. The van der Waals surface area contributed by atoms with Crippen molar-refractivity contribution < 1.29 is 24.5 Å². The number of phenols is 2. The average Bonchev–Trinajstić information content (AvgIpc) is 2.78. The molecule has 2 heterocycles. The first-order valence-electron chi connectivity index (χ1n) is 7.58. The second-order valence-electron chi connectivity index (χ2n) is 6.57. The molecule has 2 aromatic carbocycles. The number of hydrogen-bond donors (Lipinski definition) is 3. The van der Waals surface area contributed by atoms with Gasteiger partial charge in [-0.2, -0.15) is 0 Å². The Balaban J connectivity index is 2.23. The van der Waals surface area contributed by atoms with E-state index in [1.165, 1.54) is 18.2 Å². The third kappa shape index (κ3) is 1.71. The van der Waals surface area contributed by atoms with Crippen molar-refractivity contribution in [1.82, 2.24) is 0 Å². The quantitative estimate of drug-likeness (QED) is 0.593. The van der Waals surface area contributed by atoms with Crippen LogP contribution in [0.3, 0.4) is 0 Å². The number of hydrogen-bond acceptors (Lipinski definition) is 6. The number of phenolic OH excluding ortho intramolecular Hbond substituents is 2. The Morgan fingerprint density at radius 2 is 1.92 bits per heavy atom. The van der Waals surface area contributed by atoms with Crippen LogP contribution in [0, 0.1) is 0 Å². The highest BCUT2D eigenvalue weighted by Gasteiger charge is 2.44. The first kappa shape index (κ1) is 14.8. The van der Waals surface area contributed by atoms with E-state index >= 15 is 0 Å². The molecular formula is C18H16O6. The van der Waals surface area contributed by atoms with Crippen molar-refractivity contribution >= 4 is 21.9 Å². The SMILES string of the molecule is CC1(C)c2c(cc(O)c3c(=O)c4cccc(O)c4oc23)O[C@H]1CO. The van der Waals surface area contributed by atoms with E-state index in [1.54, 1.807) is 6.07 Å². The molecular weight excluding hydrogens is 312 g/mol. The first-order chi connectivity index (χ1) is 11.4. The maximum Gasteiger partial charge on any atom is 0.204 e. The summed E-state index contributed by atoms with van der Waals surface area (Å²) >= 11 is 0. The molecule has 0 radical (unpaired) electrons. The van der Waals surface area contributed by atoms with Gasteiger partial charge in [0.05, 0.1) is 12.0 Å². The van der Waals surface area contributed by atoms with Gasteiger partial charge in [-0.1, -0.05) is 19.9 Å². The van der Waals surface area contributed by atoms with E-state index in [4.69, 9.17) is 9.15 Å². The zero-order valence-electron chi connectivity index (χ0n) is 13.2. The minimum atomic E-state index is -0.635. The molecule has 0 unspecified atom stereocenters. The van der Waals surface area contributed by atoms with E-state index in [1.807, 2.05) is 13.8 Å². The van der Waals surface area contributed by atoms with E-state index < -0.39 is 16.9 Å². The van der Waals surface area contributed by atoms with Gasteiger partial charge >= 0.3 is 0 Å². The van der Waals surface area contributed by atoms with Crippen LogP contribution in [0.5, 0.6) is 17.2 Å². The van der Waals surface area contributed by atoms with Crippen molar-refractivity contribution in [3.63, 3.8) is 0 Å². The first-order valence-corrected chi connectivity index (χ1v) is 7.58. The van der Waals surface area contributed by atoms with Crippen LogP contribution in [0.25, 0.3) is 21.9 Å². The monoisotopic (exact) mass is 328 g/mol. The van der Waals surface area contributed by atoms with Crippen molar-refractivity contribution in [2.75, 3.05) is 6.61 Å². The van der Waals surface area contributed by atoms with Crippen molar-refractivity contribution in [2.45, 2.75) is 25.4 Å². The molecule has 1 aliphatic rings. The molecule has 0 bridgehead atoms. The van der Waals surface area contributed by atoms with Gasteiger partial charge in [-0.05, 0) is 12.1 Å². The number of rotatable bonds is 1. The third-order valence-electron chi connectivity index (χ3n) is 4.78.